The first-order valence-electron chi connectivity index (χ1n) is 12.0. The summed E-state index contributed by atoms with van der Waals surface area (Å²) in [6.07, 6.45) is 1.37. The summed E-state index contributed by atoms with van der Waals surface area (Å²) < 4.78 is 68.7. The number of hydrogen-bond acceptors (Lipinski definition) is 5. The molecule has 36 heavy (non-hydrogen) atoms. The van der Waals surface area contributed by atoms with E-state index < -0.39 is 25.9 Å². The Bertz CT molecular complexity index is 1360. The normalized spacial score (nSPS) is 18.4. The fourth-order valence-electron chi connectivity index (χ4n) is 4.47. The summed E-state index contributed by atoms with van der Waals surface area (Å²) in [4.78, 5) is 2.43. The number of benzene rings is 3. The van der Waals surface area contributed by atoms with Gasteiger partial charge in [-0.3, -0.25) is 4.90 Å². The highest BCUT2D eigenvalue weighted by Crippen LogP contribution is 2.24. The summed E-state index contributed by atoms with van der Waals surface area (Å²) in [7, 11) is -7.49. The molecule has 1 unspecified atom stereocenters. The molecule has 0 aliphatic carbocycles. The number of aryl methyl sites for hydroxylation is 1. The van der Waals surface area contributed by atoms with E-state index in [-0.39, 0.29) is 27.9 Å². The zero-order valence-electron chi connectivity index (χ0n) is 20.3. The highest BCUT2D eigenvalue weighted by Gasteiger charge is 2.34. The Morgan fingerprint density at radius 3 is 2.11 bits per heavy atom. The van der Waals surface area contributed by atoms with Gasteiger partial charge in [-0.1, -0.05) is 48.0 Å². The lowest BCUT2D eigenvalue weighted by molar-refractivity contribution is 0.155. The van der Waals surface area contributed by atoms with Crippen LogP contribution in [-0.4, -0.2) is 57.5 Å². The van der Waals surface area contributed by atoms with Crippen LogP contribution in [0.3, 0.4) is 0 Å². The molecule has 9 heteroatoms. The summed E-state index contributed by atoms with van der Waals surface area (Å²) in [6.45, 7) is 3.27. The number of sulfonamides is 1. The van der Waals surface area contributed by atoms with Gasteiger partial charge >= 0.3 is 0 Å². The van der Waals surface area contributed by atoms with E-state index in [2.05, 4.69) is 0 Å². The van der Waals surface area contributed by atoms with Crippen LogP contribution in [0.2, 0.25) is 0 Å². The standard InChI is InChI=1S/C27H31FN2O4S2/c1-22-9-15-27(16-10-22)36(33,34)30-18-6-5-17-29(19-23-11-13-24(28)14-12-23)25(20-30)21-35(31,32)26-7-3-2-4-8-26/h2-4,7-16,25H,5-6,17-21H2,1H3. The van der Waals surface area contributed by atoms with Gasteiger partial charge in [0, 0.05) is 25.7 Å². The van der Waals surface area contributed by atoms with E-state index in [1.807, 2.05) is 11.8 Å². The predicted octanol–water partition coefficient (Wildman–Crippen LogP) is 4.26. The van der Waals surface area contributed by atoms with E-state index in [1.165, 1.54) is 16.4 Å². The number of rotatable bonds is 7. The lowest BCUT2D eigenvalue weighted by Crippen LogP contribution is -2.51. The van der Waals surface area contributed by atoms with Crippen molar-refractivity contribution >= 4 is 19.9 Å². The average Bonchev–Trinajstić information content (AvgIpc) is 2.85. The average molecular weight is 531 g/mol. The fourth-order valence-corrected chi connectivity index (χ4v) is 7.58. The van der Waals surface area contributed by atoms with Crippen molar-refractivity contribution in [3.05, 3.63) is 95.8 Å². The second-order valence-corrected chi connectivity index (χ2v) is 13.2. The Kier molecular flexibility index (Phi) is 8.24. The van der Waals surface area contributed by atoms with Crippen LogP contribution < -0.4 is 0 Å². The maximum absolute atomic E-state index is 13.6. The van der Waals surface area contributed by atoms with Crippen molar-refractivity contribution in [1.82, 2.24) is 9.21 Å². The van der Waals surface area contributed by atoms with Gasteiger partial charge in [-0.25, -0.2) is 21.2 Å². The van der Waals surface area contributed by atoms with Crippen LogP contribution in [0.25, 0.3) is 0 Å². The number of halogens is 1. The minimum atomic E-state index is -3.81. The van der Waals surface area contributed by atoms with Gasteiger partial charge in [-0.15, -0.1) is 0 Å². The van der Waals surface area contributed by atoms with Crippen molar-refractivity contribution in [2.24, 2.45) is 0 Å². The molecular formula is C27H31FN2O4S2. The molecule has 0 N–H and O–H groups in total. The second kappa shape index (κ2) is 11.2. The molecule has 1 fully saturated rings. The molecule has 1 atom stereocenters. The van der Waals surface area contributed by atoms with Crippen LogP contribution in [0.5, 0.6) is 0 Å². The van der Waals surface area contributed by atoms with Crippen LogP contribution in [0.4, 0.5) is 4.39 Å². The minimum absolute atomic E-state index is 0.0451. The van der Waals surface area contributed by atoms with Gasteiger partial charge in [0.25, 0.3) is 0 Å². The van der Waals surface area contributed by atoms with E-state index >= 15 is 0 Å². The van der Waals surface area contributed by atoms with Crippen molar-refractivity contribution in [3.63, 3.8) is 0 Å². The zero-order chi connectivity index (χ0) is 25.8. The smallest absolute Gasteiger partial charge is 0.243 e. The largest absolute Gasteiger partial charge is 0.294 e. The SMILES string of the molecule is Cc1ccc(S(=O)(=O)N2CCCCN(Cc3ccc(F)cc3)C(CS(=O)(=O)c3ccccc3)C2)cc1. The van der Waals surface area contributed by atoms with Crippen molar-refractivity contribution < 1.29 is 21.2 Å². The molecule has 4 rings (SSSR count). The molecular weight excluding hydrogens is 499 g/mol. The van der Waals surface area contributed by atoms with Crippen LogP contribution in [0.1, 0.15) is 24.0 Å². The van der Waals surface area contributed by atoms with Gasteiger partial charge in [0.05, 0.1) is 15.5 Å². The molecule has 3 aromatic rings. The Morgan fingerprint density at radius 1 is 0.806 bits per heavy atom. The quantitative estimate of drug-likeness (QED) is 0.456. The molecule has 6 nitrogen and oxygen atoms in total. The van der Waals surface area contributed by atoms with Crippen molar-refractivity contribution in [1.29, 1.82) is 0 Å². The third-order valence-corrected chi connectivity index (χ3v) is 10.2. The van der Waals surface area contributed by atoms with Crippen molar-refractivity contribution in [2.45, 2.75) is 42.1 Å². The van der Waals surface area contributed by atoms with Gasteiger partial charge in [0.15, 0.2) is 9.84 Å². The summed E-state index contributed by atoms with van der Waals surface area (Å²) in [5, 5.41) is 0. The molecule has 3 aromatic carbocycles. The molecule has 1 aliphatic heterocycles. The number of hydrogen-bond donors (Lipinski definition) is 0. The molecule has 1 saturated heterocycles. The molecule has 0 saturated carbocycles. The van der Waals surface area contributed by atoms with Crippen LogP contribution >= 0.6 is 0 Å². The Balaban J connectivity index is 1.68. The lowest BCUT2D eigenvalue weighted by Gasteiger charge is -2.37. The molecule has 0 radical (unpaired) electrons. The third-order valence-electron chi connectivity index (χ3n) is 6.51. The summed E-state index contributed by atoms with van der Waals surface area (Å²) >= 11 is 0. The van der Waals surface area contributed by atoms with Crippen LogP contribution in [0, 0.1) is 12.7 Å². The van der Waals surface area contributed by atoms with Gasteiger partial charge in [-0.05, 0) is 68.3 Å². The molecule has 0 amide bonds. The Morgan fingerprint density at radius 2 is 1.44 bits per heavy atom. The molecule has 192 valence electrons. The van der Waals surface area contributed by atoms with E-state index in [1.54, 1.807) is 66.7 Å². The third kappa shape index (κ3) is 6.39. The van der Waals surface area contributed by atoms with Crippen LogP contribution in [-0.2, 0) is 26.4 Å². The zero-order valence-corrected chi connectivity index (χ0v) is 21.9. The Labute approximate surface area is 213 Å². The highest BCUT2D eigenvalue weighted by atomic mass is 32.2. The van der Waals surface area contributed by atoms with Gasteiger partial charge in [-0.2, -0.15) is 4.31 Å². The van der Waals surface area contributed by atoms with Crippen LogP contribution in [0.15, 0.2) is 88.7 Å². The lowest BCUT2D eigenvalue weighted by atomic mass is 10.1. The van der Waals surface area contributed by atoms with E-state index in [0.29, 0.717) is 32.5 Å². The maximum atomic E-state index is 13.6. The van der Waals surface area contributed by atoms with Gasteiger partial charge in [0.1, 0.15) is 5.82 Å². The number of sulfone groups is 1. The first-order valence-corrected chi connectivity index (χ1v) is 15.1. The first kappa shape index (κ1) is 26.5. The van der Waals surface area contributed by atoms with Crippen molar-refractivity contribution in [3.8, 4) is 0 Å². The highest BCUT2D eigenvalue weighted by molar-refractivity contribution is 7.91. The summed E-state index contributed by atoms with van der Waals surface area (Å²) in [5.74, 6) is -0.567. The van der Waals surface area contributed by atoms with E-state index in [4.69, 9.17) is 0 Å². The monoisotopic (exact) mass is 530 g/mol. The first-order chi connectivity index (χ1) is 17.1. The number of nitrogens with zero attached hydrogens (tertiary/aromatic N) is 2. The molecule has 0 spiro atoms. The van der Waals surface area contributed by atoms with E-state index in [0.717, 1.165) is 11.1 Å². The topological polar surface area (TPSA) is 74.8 Å². The molecule has 0 aromatic heterocycles. The van der Waals surface area contributed by atoms with Gasteiger partial charge < -0.3 is 0 Å². The summed E-state index contributed by atoms with van der Waals surface area (Å²) in [5.41, 5.74) is 1.80. The molecule has 1 aliphatic rings. The Hall–Kier alpha value is -2.59. The predicted molar refractivity (Wildman–Crippen MR) is 138 cm³/mol. The molecule has 0 bridgehead atoms. The summed E-state index contributed by atoms with van der Waals surface area (Å²) in [6, 6.07) is 20.5. The minimum Gasteiger partial charge on any atom is -0.294 e. The molecule has 1 heterocycles. The van der Waals surface area contributed by atoms with Crippen molar-refractivity contribution in [2.75, 3.05) is 25.4 Å². The maximum Gasteiger partial charge on any atom is 0.243 e. The fraction of sp³-hybridized carbons (Fsp3) is 0.333. The second-order valence-electron chi connectivity index (χ2n) is 9.23. The van der Waals surface area contributed by atoms with Gasteiger partial charge in [0.2, 0.25) is 10.0 Å². The van der Waals surface area contributed by atoms with E-state index in [9.17, 15) is 21.2 Å².